The lowest BCUT2D eigenvalue weighted by Gasteiger charge is -2.10. The van der Waals surface area contributed by atoms with Crippen molar-refractivity contribution in [2.24, 2.45) is 0 Å². The van der Waals surface area contributed by atoms with Crippen LogP contribution in [0, 0.1) is 5.82 Å². The first kappa shape index (κ1) is 7.55. The van der Waals surface area contributed by atoms with Crippen molar-refractivity contribution in [2.45, 2.75) is 18.4 Å². The molecule has 0 spiro atoms. The van der Waals surface area contributed by atoms with E-state index in [0.717, 1.165) is 0 Å². The highest BCUT2D eigenvalue weighted by atomic mass is 19.1. The summed E-state index contributed by atoms with van der Waals surface area (Å²) in [6, 6.07) is 4.09. The molecule has 1 fully saturated rings. The van der Waals surface area contributed by atoms with Crippen molar-refractivity contribution in [3.05, 3.63) is 29.6 Å². The first-order valence-corrected chi connectivity index (χ1v) is 3.90. The Morgan fingerprint density at radius 3 is 2.67 bits per heavy atom. The third kappa shape index (κ3) is 1.06. The normalized spacial score (nSPS) is 19.2. The molecule has 0 bridgehead atoms. The van der Waals surface area contributed by atoms with Crippen molar-refractivity contribution in [1.29, 1.82) is 0 Å². The smallest absolute Gasteiger partial charge is 0.123 e. The number of benzene rings is 1. The van der Waals surface area contributed by atoms with E-state index in [1.165, 1.54) is 18.2 Å². The lowest BCUT2D eigenvalue weighted by Crippen LogP contribution is -2.08. The quantitative estimate of drug-likeness (QED) is 0.621. The summed E-state index contributed by atoms with van der Waals surface area (Å²) in [7, 11) is 0. The Hall–Kier alpha value is -1.09. The summed E-state index contributed by atoms with van der Waals surface area (Å²) in [5, 5.41) is 9.66. The largest absolute Gasteiger partial charge is 0.398 e. The van der Waals surface area contributed by atoms with Crippen LogP contribution in [0.4, 0.5) is 10.1 Å². The van der Waals surface area contributed by atoms with Gasteiger partial charge in [-0.3, -0.25) is 0 Å². The summed E-state index contributed by atoms with van der Waals surface area (Å²) in [6.07, 6.45) is 1.36. The minimum atomic E-state index is -0.841. The SMILES string of the molecule is Nc1ccc(F)cc1C1(O)CC1. The molecule has 1 aliphatic carbocycles. The maximum Gasteiger partial charge on any atom is 0.123 e. The highest BCUT2D eigenvalue weighted by molar-refractivity contribution is 5.51. The molecule has 12 heavy (non-hydrogen) atoms. The highest BCUT2D eigenvalue weighted by Crippen LogP contribution is 2.47. The summed E-state index contributed by atoms with van der Waals surface area (Å²) >= 11 is 0. The van der Waals surface area contributed by atoms with Gasteiger partial charge in [0.25, 0.3) is 0 Å². The Bertz CT molecular complexity index is 320. The van der Waals surface area contributed by atoms with E-state index in [2.05, 4.69) is 0 Å². The van der Waals surface area contributed by atoms with Crippen LogP contribution in [-0.2, 0) is 5.60 Å². The van der Waals surface area contributed by atoms with E-state index in [1.807, 2.05) is 0 Å². The minimum absolute atomic E-state index is 0.348. The molecule has 1 aromatic carbocycles. The number of hydrogen-bond donors (Lipinski definition) is 2. The van der Waals surface area contributed by atoms with Gasteiger partial charge in [0.1, 0.15) is 5.82 Å². The van der Waals surface area contributed by atoms with Crippen LogP contribution in [-0.4, -0.2) is 5.11 Å². The zero-order valence-corrected chi connectivity index (χ0v) is 6.55. The predicted octanol–water partition coefficient (Wildman–Crippen LogP) is 1.39. The van der Waals surface area contributed by atoms with Crippen LogP contribution in [0.3, 0.4) is 0 Å². The van der Waals surface area contributed by atoms with Crippen LogP contribution in [0.1, 0.15) is 18.4 Å². The van der Waals surface area contributed by atoms with Crippen molar-refractivity contribution in [3.8, 4) is 0 Å². The molecule has 0 unspecified atom stereocenters. The molecule has 0 amide bonds. The Kier molecular flexibility index (Phi) is 1.38. The van der Waals surface area contributed by atoms with Gasteiger partial charge in [0.15, 0.2) is 0 Å². The number of anilines is 1. The van der Waals surface area contributed by atoms with Crippen molar-refractivity contribution >= 4 is 5.69 Å². The monoisotopic (exact) mass is 167 g/mol. The molecule has 0 saturated heterocycles. The van der Waals surface area contributed by atoms with Crippen LogP contribution in [0.2, 0.25) is 0 Å². The van der Waals surface area contributed by atoms with E-state index in [0.29, 0.717) is 24.1 Å². The molecule has 1 aromatic rings. The standard InChI is InChI=1S/C9H10FNO/c10-6-1-2-8(11)7(5-6)9(12)3-4-9/h1-2,5,12H,3-4,11H2. The van der Waals surface area contributed by atoms with E-state index in [-0.39, 0.29) is 5.82 Å². The summed E-state index contributed by atoms with van der Waals surface area (Å²) in [5.41, 5.74) is 5.75. The van der Waals surface area contributed by atoms with Crippen LogP contribution >= 0.6 is 0 Å². The fourth-order valence-electron chi connectivity index (χ4n) is 1.32. The van der Waals surface area contributed by atoms with Crippen LogP contribution in [0.15, 0.2) is 18.2 Å². The van der Waals surface area contributed by atoms with E-state index in [9.17, 15) is 9.50 Å². The minimum Gasteiger partial charge on any atom is -0.398 e. The molecule has 1 aliphatic rings. The van der Waals surface area contributed by atoms with Gasteiger partial charge >= 0.3 is 0 Å². The molecular weight excluding hydrogens is 157 g/mol. The molecule has 64 valence electrons. The topological polar surface area (TPSA) is 46.2 Å². The zero-order valence-electron chi connectivity index (χ0n) is 6.55. The van der Waals surface area contributed by atoms with E-state index in [4.69, 9.17) is 5.73 Å². The van der Waals surface area contributed by atoms with Gasteiger partial charge < -0.3 is 10.8 Å². The second-order valence-electron chi connectivity index (χ2n) is 3.26. The van der Waals surface area contributed by atoms with Gasteiger partial charge in [-0.2, -0.15) is 0 Å². The van der Waals surface area contributed by atoms with Crippen molar-refractivity contribution in [3.63, 3.8) is 0 Å². The van der Waals surface area contributed by atoms with Crippen LogP contribution < -0.4 is 5.73 Å². The van der Waals surface area contributed by atoms with E-state index in [1.54, 1.807) is 0 Å². The van der Waals surface area contributed by atoms with Crippen LogP contribution in [0.5, 0.6) is 0 Å². The average molecular weight is 167 g/mol. The van der Waals surface area contributed by atoms with E-state index >= 15 is 0 Å². The van der Waals surface area contributed by atoms with Gasteiger partial charge in [-0.05, 0) is 31.0 Å². The molecular formula is C9H10FNO. The Balaban J connectivity index is 2.48. The first-order valence-electron chi connectivity index (χ1n) is 3.90. The van der Waals surface area contributed by atoms with E-state index < -0.39 is 5.60 Å². The highest BCUT2D eigenvalue weighted by Gasteiger charge is 2.43. The summed E-state index contributed by atoms with van der Waals surface area (Å²) in [4.78, 5) is 0. The number of hydrogen-bond acceptors (Lipinski definition) is 2. The van der Waals surface area contributed by atoms with Gasteiger partial charge in [0, 0.05) is 11.3 Å². The summed E-state index contributed by atoms with van der Waals surface area (Å²) in [5.74, 6) is -0.348. The number of aliphatic hydroxyl groups is 1. The Morgan fingerprint density at radius 2 is 2.08 bits per heavy atom. The van der Waals surface area contributed by atoms with Crippen molar-refractivity contribution in [1.82, 2.24) is 0 Å². The maximum atomic E-state index is 12.7. The van der Waals surface area contributed by atoms with Gasteiger partial charge in [-0.15, -0.1) is 0 Å². The molecule has 0 radical (unpaired) electrons. The fraction of sp³-hybridized carbons (Fsp3) is 0.333. The van der Waals surface area contributed by atoms with Gasteiger partial charge in [0.2, 0.25) is 0 Å². The van der Waals surface area contributed by atoms with Gasteiger partial charge in [0.05, 0.1) is 5.60 Å². The lowest BCUT2D eigenvalue weighted by molar-refractivity contribution is 0.152. The van der Waals surface area contributed by atoms with Gasteiger partial charge in [-0.1, -0.05) is 0 Å². The lowest BCUT2D eigenvalue weighted by atomic mass is 10.1. The third-order valence-corrected chi connectivity index (χ3v) is 2.24. The first-order chi connectivity index (χ1) is 5.62. The predicted molar refractivity (Wildman–Crippen MR) is 43.9 cm³/mol. The Morgan fingerprint density at radius 1 is 1.42 bits per heavy atom. The van der Waals surface area contributed by atoms with Crippen molar-refractivity contribution < 1.29 is 9.50 Å². The molecule has 3 heteroatoms. The molecule has 0 atom stereocenters. The zero-order chi connectivity index (χ0) is 8.77. The third-order valence-electron chi connectivity index (χ3n) is 2.24. The van der Waals surface area contributed by atoms with Crippen molar-refractivity contribution in [2.75, 3.05) is 5.73 Å². The number of halogens is 1. The summed E-state index contributed by atoms with van der Waals surface area (Å²) < 4.78 is 12.7. The molecule has 0 heterocycles. The number of nitrogen functional groups attached to an aromatic ring is 1. The summed E-state index contributed by atoms with van der Waals surface area (Å²) in [6.45, 7) is 0. The maximum absolute atomic E-state index is 12.7. The molecule has 1 saturated carbocycles. The molecule has 0 aromatic heterocycles. The molecule has 2 rings (SSSR count). The van der Waals surface area contributed by atoms with Crippen LogP contribution in [0.25, 0.3) is 0 Å². The second-order valence-corrected chi connectivity index (χ2v) is 3.26. The number of rotatable bonds is 1. The average Bonchev–Trinajstić information content (AvgIpc) is 2.75. The fourth-order valence-corrected chi connectivity index (χ4v) is 1.32. The second kappa shape index (κ2) is 2.20. The molecule has 2 nitrogen and oxygen atoms in total. The Labute approximate surface area is 69.8 Å². The number of nitrogens with two attached hydrogens (primary N) is 1. The molecule has 3 N–H and O–H groups in total. The van der Waals surface area contributed by atoms with Gasteiger partial charge in [-0.25, -0.2) is 4.39 Å². The molecule has 0 aliphatic heterocycles.